The molecule has 1 aliphatic rings. The van der Waals surface area contributed by atoms with Crippen LogP contribution in [0.15, 0.2) is 11.1 Å². The Morgan fingerprint density at radius 2 is 2.54 bits per heavy atom. The molecule has 74 valence electrons. The summed E-state index contributed by atoms with van der Waals surface area (Å²) in [6, 6.07) is -0.222. The van der Waals surface area contributed by atoms with Gasteiger partial charge >= 0.3 is 0 Å². The van der Waals surface area contributed by atoms with Crippen molar-refractivity contribution in [3.63, 3.8) is 0 Å². The fourth-order valence-corrected chi connectivity index (χ4v) is 1.18. The molecular formula is C8H13BrN2O2. The predicted molar refractivity (Wildman–Crippen MR) is 53.7 cm³/mol. The summed E-state index contributed by atoms with van der Waals surface area (Å²) in [5.74, 6) is -0.0414. The summed E-state index contributed by atoms with van der Waals surface area (Å²) < 4.78 is 5.91. The van der Waals surface area contributed by atoms with E-state index >= 15 is 0 Å². The van der Waals surface area contributed by atoms with Crippen LogP contribution in [0.2, 0.25) is 0 Å². The van der Waals surface area contributed by atoms with Crippen LogP contribution in [-0.2, 0) is 9.53 Å². The molecule has 13 heavy (non-hydrogen) atoms. The minimum Gasteiger partial charge on any atom is -0.378 e. The maximum absolute atomic E-state index is 11.4. The molecule has 2 N–H and O–H groups in total. The zero-order chi connectivity index (χ0) is 9.68. The molecular weight excluding hydrogens is 236 g/mol. The van der Waals surface area contributed by atoms with Gasteiger partial charge in [0.2, 0.25) is 5.91 Å². The Labute approximate surface area is 85.8 Å². The van der Waals surface area contributed by atoms with Gasteiger partial charge in [-0.2, -0.15) is 0 Å². The molecule has 1 rings (SSSR count). The van der Waals surface area contributed by atoms with E-state index in [0.29, 0.717) is 19.8 Å². The average molecular weight is 249 g/mol. The van der Waals surface area contributed by atoms with Crippen LogP contribution >= 0.6 is 15.9 Å². The van der Waals surface area contributed by atoms with E-state index in [-0.39, 0.29) is 11.9 Å². The molecule has 0 radical (unpaired) electrons. The van der Waals surface area contributed by atoms with Crippen molar-refractivity contribution in [2.75, 3.05) is 26.3 Å². The first kappa shape index (κ1) is 10.7. The highest BCUT2D eigenvalue weighted by molar-refractivity contribution is 9.11. The van der Waals surface area contributed by atoms with E-state index in [1.165, 1.54) is 0 Å². The van der Waals surface area contributed by atoms with E-state index in [4.69, 9.17) is 4.74 Å². The number of carbonyl (C=O) groups excluding carboxylic acids is 1. The number of rotatable bonds is 3. The quantitative estimate of drug-likeness (QED) is 0.740. The van der Waals surface area contributed by atoms with Crippen molar-refractivity contribution >= 4 is 21.8 Å². The van der Waals surface area contributed by atoms with Gasteiger partial charge in [0.1, 0.15) is 6.04 Å². The first-order valence-corrected chi connectivity index (χ1v) is 4.91. The highest BCUT2D eigenvalue weighted by Crippen LogP contribution is 1.98. The van der Waals surface area contributed by atoms with Gasteiger partial charge < -0.3 is 15.4 Å². The molecule has 1 unspecified atom stereocenters. The van der Waals surface area contributed by atoms with Gasteiger partial charge in [0.05, 0.1) is 13.2 Å². The molecule has 1 atom stereocenters. The van der Waals surface area contributed by atoms with E-state index in [1.54, 1.807) is 0 Å². The Morgan fingerprint density at radius 1 is 1.77 bits per heavy atom. The maximum Gasteiger partial charge on any atom is 0.239 e. The minimum absolute atomic E-state index is 0.0414. The van der Waals surface area contributed by atoms with Crippen molar-refractivity contribution < 1.29 is 9.53 Å². The molecule has 1 heterocycles. The molecule has 0 aromatic heterocycles. The van der Waals surface area contributed by atoms with Gasteiger partial charge in [-0.1, -0.05) is 22.5 Å². The van der Waals surface area contributed by atoms with Crippen LogP contribution in [0.3, 0.4) is 0 Å². The molecule has 1 saturated heterocycles. The van der Waals surface area contributed by atoms with Crippen LogP contribution < -0.4 is 10.6 Å². The molecule has 0 bridgehead atoms. The van der Waals surface area contributed by atoms with Gasteiger partial charge in [0.25, 0.3) is 0 Å². The summed E-state index contributed by atoms with van der Waals surface area (Å²) in [6.45, 7) is 5.93. The lowest BCUT2D eigenvalue weighted by Gasteiger charge is -2.22. The lowest BCUT2D eigenvalue weighted by atomic mass is 10.2. The second kappa shape index (κ2) is 5.36. The number of nitrogens with one attached hydrogen (secondary N) is 2. The Kier molecular flexibility index (Phi) is 4.41. The Bertz CT molecular complexity index is 202. The summed E-state index contributed by atoms with van der Waals surface area (Å²) >= 11 is 3.17. The highest BCUT2D eigenvalue weighted by atomic mass is 79.9. The molecule has 1 fully saturated rings. The summed E-state index contributed by atoms with van der Waals surface area (Å²) in [5, 5.41) is 5.78. The van der Waals surface area contributed by atoms with Crippen molar-refractivity contribution in [3.05, 3.63) is 11.1 Å². The van der Waals surface area contributed by atoms with Crippen LogP contribution in [-0.4, -0.2) is 38.3 Å². The highest BCUT2D eigenvalue weighted by Gasteiger charge is 2.20. The van der Waals surface area contributed by atoms with Crippen LogP contribution in [0.1, 0.15) is 0 Å². The summed E-state index contributed by atoms with van der Waals surface area (Å²) in [6.07, 6.45) is 0. The van der Waals surface area contributed by atoms with E-state index < -0.39 is 0 Å². The monoisotopic (exact) mass is 248 g/mol. The lowest BCUT2D eigenvalue weighted by molar-refractivity contribution is -0.125. The van der Waals surface area contributed by atoms with Gasteiger partial charge in [-0.3, -0.25) is 4.79 Å². The first-order valence-electron chi connectivity index (χ1n) is 4.12. The molecule has 0 aliphatic carbocycles. The SMILES string of the molecule is C=C(Br)CNC(=O)C1COCCN1. The second-order valence-electron chi connectivity index (χ2n) is 2.82. The van der Waals surface area contributed by atoms with Crippen molar-refractivity contribution in [3.8, 4) is 0 Å². The van der Waals surface area contributed by atoms with E-state index in [1.807, 2.05) is 0 Å². The Morgan fingerprint density at radius 3 is 3.08 bits per heavy atom. The number of ether oxygens (including phenoxy) is 1. The largest absolute Gasteiger partial charge is 0.378 e. The molecule has 0 saturated carbocycles. The van der Waals surface area contributed by atoms with Gasteiger partial charge in [-0.25, -0.2) is 0 Å². The van der Waals surface area contributed by atoms with Crippen molar-refractivity contribution in [2.45, 2.75) is 6.04 Å². The minimum atomic E-state index is -0.222. The molecule has 1 aliphatic heterocycles. The maximum atomic E-state index is 11.4. The van der Waals surface area contributed by atoms with Crippen LogP contribution in [0.25, 0.3) is 0 Å². The number of hydrogen-bond acceptors (Lipinski definition) is 3. The van der Waals surface area contributed by atoms with E-state index in [9.17, 15) is 4.79 Å². The van der Waals surface area contributed by atoms with Crippen molar-refractivity contribution in [1.82, 2.24) is 10.6 Å². The van der Waals surface area contributed by atoms with Gasteiger partial charge in [-0.05, 0) is 0 Å². The predicted octanol–water partition coefficient (Wildman–Crippen LogP) is -0.000400. The molecule has 0 aromatic carbocycles. The van der Waals surface area contributed by atoms with E-state index in [2.05, 4.69) is 33.1 Å². The number of hydrogen-bond donors (Lipinski definition) is 2. The fourth-order valence-electron chi connectivity index (χ4n) is 1.04. The fraction of sp³-hybridized carbons (Fsp3) is 0.625. The molecule has 5 heteroatoms. The summed E-state index contributed by atoms with van der Waals surface area (Å²) in [4.78, 5) is 11.4. The van der Waals surface area contributed by atoms with Gasteiger partial charge in [0, 0.05) is 17.6 Å². The van der Waals surface area contributed by atoms with Crippen LogP contribution in [0.4, 0.5) is 0 Å². The third-order valence-electron chi connectivity index (χ3n) is 1.69. The number of amides is 1. The van der Waals surface area contributed by atoms with Crippen LogP contribution in [0, 0.1) is 0 Å². The zero-order valence-electron chi connectivity index (χ0n) is 7.31. The normalized spacial score (nSPS) is 22.4. The molecule has 1 amide bonds. The standard InChI is InChI=1S/C8H13BrN2O2/c1-6(9)4-11-8(12)7-5-13-3-2-10-7/h7,10H,1-5H2,(H,11,12). The number of carbonyl (C=O) groups is 1. The van der Waals surface area contributed by atoms with E-state index in [0.717, 1.165) is 11.0 Å². The Balaban J connectivity index is 2.25. The number of halogens is 1. The first-order chi connectivity index (χ1) is 6.20. The molecule has 0 spiro atoms. The summed E-state index contributed by atoms with van der Waals surface area (Å²) in [5.41, 5.74) is 0. The number of morpholine rings is 1. The zero-order valence-corrected chi connectivity index (χ0v) is 8.89. The lowest BCUT2D eigenvalue weighted by Crippen LogP contribution is -2.51. The second-order valence-corrected chi connectivity index (χ2v) is 3.94. The Hall–Kier alpha value is -0.390. The molecule has 4 nitrogen and oxygen atoms in total. The summed E-state index contributed by atoms with van der Waals surface area (Å²) in [7, 11) is 0. The smallest absolute Gasteiger partial charge is 0.239 e. The third-order valence-corrected chi connectivity index (χ3v) is 1.97. The average Bonchev–Trinajstić information content (AvgIpc) is 2.15. The van der Waals surface area contributed by atoms with Gasteiger partial charge in [-0.15, -0.1) is 0 Å². The topological polar surface area (TPSA) is 50.4 Å². The van der Waals surface area contributed by atoms with Crippen molar-refractivity contribution in [1.29, 1.82) is 0 Å². The van der Waals surface area contributed by atoms with Gasteiger partial charge in [0.15, 0.2) is 0 Å². The van der Waals surface area contributed by atoms with Crippen molar-refractivity contribution in [2.24, 2.45) is 0 Å². The van der Waals surface area contributed by atoms with Crippen LogP contribution in [0.5, 0.6) is 0 Å². The molecule has 0 aromatic rings. The third kappa shape index (κ3) is 3.89.